The predicted molar refractivity (Wildman–Crippen MR) is 84.8 cm³/mol. The number of carbonyl (C=O) groups is 2. The van der Waals surface area contributed by atoms with Crippen molar-refractivity contribution >= 4 is 28.6 Å². The van der Waals surface area contributed by atoms with Crippen molar-refractivity contribution in [1.29, 1.82) is 0 Å². The average Bonchev–Trinajstić information content (AvgIpc) is 3.00. The third kappa shape index (κ3) is 1.76. The highest BCUT2D eigenvalue weighted by atomic mass is 32.2. The Bertz CT molecular complexity index is 690. The van der Waals surface area contributed by atoms with Gasteiger partial charge in [0.1, 0.15) is 4.87 Å². The van der Waals surface area contributed by atoms with Gasteiger partial charge in [-0.15, -0.1) is 0 Å². The maximum Gasteiger partial charge on any atom is 0.236 e. The monoisotopic (exact) mass is 315 g/mol. The van der Waals surface area contributed by atoms with Crippen molar-refractivity contribution in [2.45, 2.75) is 25.3 Å². The summed E-state index contributed by atoms with van der Waals surface area (Å²) in [5.74, 6) is -0.662. The third-order valence-corrected chi connectivity index (χ3v) is 6.03. The fraction of sp³-hybridized carbons (Fsp3) is 0.438. The Balaban J connectivity index is 1.63. The molecule has 0 N–H and O–H groups in total. The van der Waals surface area contributed by atoms with Crippen LogP contribution in [0, 0.1) is 11.8 Å². The molecule has 6 heteroatoms. The molecule has 5 nitrogen and oxygen atoms in total. The number of rotatable bonds is 2. The lowest BCUT2D eigenvalue weighted by Gasteiger charge is -2.30. The molecule has 0 radical (unpaired) electrons. The number of fused-ring (bicyclic) bond motifs is 3. The maximum atomic E-state index is 12.9. The van der Waals surface area contributed by atoms with Gasteiger partial charge in [0.25, 0.3) is 0 Å². The van der Waals surface area contributed by atoms with E-state index < -0.39 is 4.87 Å². The van der Waals surface area contributed by atoms with Gasteiger partial charge < -0.3 is 0 Å². The van der Waals surface area contributed by atoms with Crippen molar-refractivity contribution in [2.24, 2.45) is 16.9 Å². The van der Waals surface area contributed by atoms with Gasteiger partial charge in [0.15, 0.2) is 0 Å². The number of hydrogen-bond donors (Lipinski definition) is 0. The summed E-state index contributed by atoms with van der Waals surface area (Å²) in [5.41, 5.74) is 0.984. The molecule has 3 heterocycles. The van der Waals surface area contributed by atoms with Crippen molar-refractivity contribution < 1.29 is 9.59 Å². The van der Waals surface area contributed by atoms with Gasteiger partial charge in [-0.05, 0) is 19.4 Å². The lowest BCUT2D eigenvalue weighted by molar-refractivity contribution is -0.141. The SMILES string of the molecule is CC1=NN2C[C@@H]3C(=O)N(Cc4ccccc4)C(=O)[C@@H]3[C@]2(C)S1. The number of imide groups is 1. The molecule has 3 atom stereocenters. The molecule has 0 aliphatic carbocycles. The molecule has 114 valence electrons. The van der Waals surface area contributed by atoms with Gasteiger partial charge in [0, 0.05) is 0 Å². The first-order valence-electron chi connectivity index (χ1n) is 7.42. The topological polar surface area (TPSA) is 53.0 Å². The van der Waals surface area contributed by atoms with Crippen molar-refractivity contribution in [3.63, 3.8) is 0 Å². The molecule has 0 spiro atoms. The summed E-state index contributed by atoms with van der Waals surface area (Å²) in [6.45, 7) is 4.89. The smallest absolute Gasteiger partial charge is 0.236 e. The highest BCUT2D eigenvalue weighted by Gasteiger charge is 2.65. The van der Waals surface area contributed by atoms with Crippen molar-refractivity contribution in [3.05, 3.63) is 35.9 Å². The first-order valence-corrected chi connectivity index (χ1v) is 8.23. The molecule has 2 fully saturated rings. The Kier molecular flexibility index (Phi) is 2.88. The van der Waals surface area contributed by atoms with Gasteiger partial charge in [-0.2, -0.15) is 5.10 Å². The fourth-order valence-electron chi connectivity index (χ4n) is 3.77. The standard InChI is InChI=1S/C16H17N3O2S/c1-10-17-19-9-12-13(16(19,2)22-10)15(21)18(14(12)20)8-11-6-4-3-5-7-11/h3-7,12-13H,8-9H2,1-2H3/t12-,13+,16-/m0/s1. The van der Waals surface area contributed by atoms with Gasteiger partial charge in [-0.25, -0.2) is 0 Å². The Hall–Kier alpha value is -1.82. The first-order chi connectivity index (χ1) is 10.5. The van der Waals surface area contributed by atoms with Crippen LogP contribution in [0.3, 0.4) is 0 Å². The molecule has 2 saturated heterocycles. The van der Waals surface area contributed by atoms with E-state index in [0.29, 0.717) is 13.1 Å². The molecular weight excluding hydrogens is 298 g/mol. The highest BCUT2D eigenvalue weighted by Crippen LogP contribution is 2.54. The molecule has 0 bridgehead atoms. The Morgan fingerprint density at radius 3 is 2.73 bits per heavy atom. The molecule has 0 aromatic heterocycles. The van der Waals surface area contributed by atoms with Gasteiger partial charge in [-0.3, -0.25) is 19.5 Å². The number of hydrazone groups is 1. The zero-order chi connectivity index (χ0) is 15.5. The van der Waals surface area contributed by atoms with E-state index in [1.807, 2.05) is 49.2 Å². The second-order valence-corrected chi connectivity index (χ2v) is 7.81. The van der Waals surface area contributed by atoms with Crippen LogP contribution >= 0.6 is 11.8 Å². The minimum Gasteiger partial charge on any atom is -0.278 e. The number of amides is 2. The van der Waals surface area contributed by atoms with Gasteiger partial charge in [0.2, 0.25) is 11.8 Å². The van der Waals surface area contributed by atoms with Crippen LogP contribution in [-0.2, 0) is 16.1 Å². The maximum absolute atomic E-state index is 12.9. The zero-order valence-corrected chi connectivity index (χ0v) is 13.3. The number of nitrogens with zero attached hydrogens (tertiary/aromatic N) is 3. The number of thioether (sulfide) groups is 1. The summed E-state index contributed by atoms with van der Waals surface area (Å²) in [5, 5.41) is 7.36. The van der Waals surface area contributed by atoms with Crippen LogP contribution in [-0.4, -0.2) is 38.2 Å². The summed E-state index contributed by atoms with van der Waals surface area (Å²) in [6, 6.07) is 9.67. The van der Waals surface area contributed by atoms with Gasteiger partial charge in [-0.1, -0.05) is 42.1 Å². The van der Waals surface area contributed by atoms with Gasteiger partial charge >= 0.3 is 0 Å². The van der Waals surface area contributed by atoms with Crippen LogP contribution in [0.15, 0.2) is 35.4 Å². The Morgan fingerprint density at radius 2 is 2.00 bits per heavy atom. The lowest BCUT2D eigenvalue weighted by atomic mass is 9.93. The number of carbonyl (C=O) groups excluding carboxylic acids is 2. The fourth-order valence-corrected chi connectivity index (χ4v) is 5.12. The predicted octanol–water partition coefficient (Wildman–Crippen LogP) is 1.90. The van der Waals surface area contributed by atoms with Crippen LogP contribution in [0.1, 0.15) is 19.4 Å². The molecule has 1 aromatic carbocycles. The van der Waals surface area contributed by atoms with Crippen molar-refractivity contribution in [2.75, 3.05) is 6.54 Å². The molecular formula is C16H17N3O2S. The van der Waals surface area contributed by atoms with Crippen LogP contribution in [0.2, 0.25) is 0 Å². The first kappa shape index (κ1) is 13.8. The van der Waals surface area contributed by atoms with Crippen molar-refractivity contribution in [3.8, 4) is 0 Å². The van der Waals surface area contributed by atoms with E-state index in [2.05, 4.69) is 5.10 Å². The number of hydrogen-bond acceptors (Lipinski definition) is 5. The highest BCUT2D eigenvalue weighted by molar-refractivity contribution is 8.15. The zero-order valence-electron chi connectivity index (χ0n) is 12.5. The van der Waals surface area contributed by atoms with Crippen LogP contribution in [0.4, 0.5) is 0 Å². The summed E-state index contributed by atoms with van der Waals surface area (Å²) in [7, 11) is 0. The summed E-state index contributed by atoms with van der Waals surface area (Å²) < 4.78 is 0. The van der Waals surface area contributed by atoms with E-state index in [1.54, 1.807) is 11.8 Å². The summed E-state index contributed by atoms with van der Waals surface area (Å²) >= 11 is 1.61. The average molecular weight is 315 g/mol. The summed E-state index contributed by atoms with van der Waals surface area (Å²) in [4.78, 5) is 26.6. The van der Waals surface area contributed by atoms with E-state index in [9.17, 15) is 9.59 Å². The minimum absolute atomic E-state index is 0.0528. The molecule has 0 unspecified atom stereocenters. The minimum atomic E-state index is -0.410. The van der Waals surface area contributed by atoms with E-state index in [1.165, 1.54) is 4.90 Å². The Labute approximate surface area is 133 Å². The molecule has 0 saturated carbocycles. The molecule has 3 aliphatic heterocycles. The van der Waals surface area contributed by atoms with E-state index >= 15 is 0 Å². The van der Waals surface area contributed by atoms with E-state index in [4.69, 9.17) is 0 Å². The quantitative estimate of drug-likeness (QED) is 0.782. The van der Waals surface area contributed by atoms with Crippen LogP contribution < -0.4 is 0 Å². The Morgan fingerprint density at radius 1 is 1.27 bits per heavy atom. The lowest BCUT2D eigenvalue weighted by Crippen LogP contribution is -2.43. The normalized spacial score (nSPS) is 33.3. The number of benzene rings is 1. The molecule has 3 aliphatic rings. The molecule has 22 heavy (non-hydrogen) atoms. The van der Waals surface area contributed by atoms with E-state index in [-0.39, 0.29) is 23.7 Å². The van der Waals surface area contributed by atoms with Gasteiger partial charge in [0.05, 0.1) is 30.0 Å². The third-order valence-electron chi connectivity index (χ3n) is 4.78. The second kappa shape index (κ2) is 4.59. The molecule has 1 aromatic rings. The largest absolute Gasteiger partial charge is 0.278 e. The van der Waals surface area contributed by atoms with Crippen LogP contribution in [0.5, 0.6) is 0 Å². The van der Waals surface area contributed by atoms with E-state index in [0.717, 1.165) is 10.6 Å². The van der Waals surface area contributed by atoms with Crippen molar-refractivity contribution in [1.82, 2.24) is 9.91 Å². The van der Waals surface area contributed by atoms with Crippen LogP contribution in [0.25, 0.3) is 0 Å². The summed E-state index contributed by atoms with van der Waals surface area (Å²) in [6.07, 6.45) is 0. The second-order valence-electron chi connectivity index (χ2n) is 6.19. The molecule has 4 rings (SSSR count). The number of likely N-dealkylation sites (tertiary alicyclic amines) is 1. The molecule has 2 amide bonds.